The smallest absolute Gasteiger partial charge is 0.253 e. The van der Waals surface area contributed by atoms with Crippen molar-refractivity contribution >= 4 is 5.91 Å². The van der Waals surface area contributed by atoms with E-state index in [1.165, 1.54) is 6.20 Å². The van der Waals surface area contributed by atoms with Crippen LogP contribution in [0, 0.1) is 0 Å². The van der Waals surface area contributed by atoms with E-state index >= 15 is 0 Å². The maximum atomic E-state index is 11.7. The summed E-state index contributed by atoms with van der Waals surface area (Å²) in [5.74, 6) is -0.156. The van der Waals surface area contributed by atoms with E-state index in [4.69, 9.17) is 0 Å². The molecule has 1 aromatic heterocycles. The molecule has 1 aliphatic rings. The summed E-state index contributed by atoms with van der Waals surface area (Å²) < 4.78 is 0. The quantitative estimate of drug-likeness (QED) is 0.766. The number of aromatic nitrogens is 1. The van der Waals surface area contributed by atoms with Crippen molar-refractivity contribution in [1.82, 2.24) is 10.3 Å². The summed E-state index contributed by atoms with van der Waals surface area (Å²) in [7, 11) is 0. The standard InChI is InChI=1S/C11H14N2O2/c14-8-11(4-2-5-11)13-10(15)9-3-1-6-12-7-9/h1,3,6-7,14H,2,4-5,8H2,(H,13,15). The Labute approximate surface area is 88.3 Å². The molecule has 2 rings (SSSR count). The van der Waals surface area contributed by atoms with E-state index in [1.807, 2.05) is 0 Å². The van der Waals surface area contributed by atoms with Crippen LogP contribution in [0.15, 0.2) is 24.5 Å². The van der Waals surface area contributed by atoms with Crippen LogP contribution in [0.3, 0.4) is 0 Å². The number of nitrogens with zero attached hydrogens (tertiary/aromatic N) is 1. The van der Waals surface area contributed by atoms with Gasteiger partial charge in [0, 0.05) is 12.4 Å². The third-order valence-corrected chi connectivity index (χ3v) is 2.92. The van der Waals surface area contributed by atoms with Gasteiger partial charge in [0.2, 0.25) is 0 Å². The molecule has 0 radical (unpaired) electrons. The average Bonchev–Trinajstić information content (AvgIpc) is 2.24. The zero-order valence-electron chi connectivity index (χ0n) is 8.44. The van der Waals surface area contributed by atoms with E-state index in [0.717, 1.165) is 19.3 Å². The number of aliphatic hydroxyl groups excluding tert-OH is 1. The maximum Gasteiger partial charge on any atom is 0.253 e. The van der Waals surface area contributed by atoms with Gasteiger partial charge in [-0.25, -0.2) is 0 Å². The Morgan fingerprint density at radius 1 is 1.60 bits per heavy atom. The number of rotatable bonds is 3. The van der Waals surface area contributed by atoms with E-state index < -0.39 is 0 Å². The summed E-state index contributed by atoms with van der Waals surface area (Å²) in [6, 6.07) is 3.44. The second-order valence-electron chi connectivity index (χ2n) is 3.99. The van der Waals surface area contributed by atoms with Gasteiger partial charge in [-0.3, -0.25) is 9.78 Å². The first-order valence-corrected chi connectivity index (χ1v) is 5.09. The summed E-state index contributed by atoms with van der Waals surface area (Å²) in [5, 5.41) is 12.1. The molecule has 0 aromatic carbocycles. The molecule has 4 nitrogen and oxygen atoms in total. The van der Waals surface area contributed by atoms with Gasteiger partial charge in [0.25, 0.3) is 5.91 Å². The number of hydrogen-bond acceptors (Lipinski definition) is 3. The van der Waals surface area contributed by atoms with Crippen LogP contribution in [0.2, 0.25) is 0 Å². The molecule has 2 N–H and O–H groups in total. The lowest BCUT2D eigenvalue weighted by Gasteiger charge is -2.40. The van der Waals surface area contributed by atoms with Crippen molar-refractivity contribution in [3.8, 4) is 0 Å². The lowest BCUT2D eigenvalue weighted by molar-refractivity contribution is 0.0641. The predicted octanol–water partition coefficient (Wildman–Crippen LogP) is 0.726. The molecule has 0 aliphatic heterocycles. The fourth-order valence-corrected chi connectivity index (χ4v) is 1.74. The molecule has 1 heterocycles. The van der Waals surface area contributed by atoms with E-state index in [0.29, 0.717) is 5.56 Å². The largest absolute Gasteiger partial charge is 0.394 e. The third kappa shape index (κ3) is 1.99. The highest BCUT2D eigenvalue weighted by Gasteiger charge is 2.37. The molecule has 1 amide bonds. The zero-order valence-corrected chi connectivity index (χ0v) is 8.44. The van der Waals surface area contributed by atoms with Crippen LogP contribution in [-0.4, -0.2) is 28.1 Å². The first-order valence-electron chi connectivity index (χ1n) is 5.09. The number of hydrogen-bond donors (Lipinski definition) is 2. The number of aliphatic hydroxyl groups is 1. The second kappa shape index (κ2) is 3.98. The molecule has 1 fully saturated rings. The zero-order chi connectivity index (χ0) is 10.7. The Bertz CT molecular complexity index is 341. The molecule has 0 bridgehead atoms. The molecule has 15 heavy (non-hydrogen) atoms. The third-order valence-electron chi connectivity index (χ3n) is 2.92. The van der Waals surface area contributed by atoms with E-state index in [9.17, 15) is 9.90 Å². The highest BCUT2D eigenvalue weighted by atomic mass is 16.3. The van der Waals surface area contributed by atoms with Gasteiger partial charge in [-0.1, -0.05) is 0 Å². The minimum Gasteiger partial charge on any atom is -0.394 e. The van der Waals surface area contributed by atoms with Crippen molar-refractivity contribution in [2.45, 2.75) is 24.8 Å². The van der Waals surface area contributed by atoms with Crippen LogP contribution in [0.25, 0.3) is 0 Å². The van der Waals surface area contributed by atoms with E-state index in [1.54, 1.807) is 18.3 Å². The number of pyridine rings is 1. The lowest BCUT2D eigenvalue weighted by Crippen LogP contribution is -2.56. The highest BCUT2D eigenvalue weighted by Crippen LogP contribution is 2.31. The Morgan fingerprint density at radius 3 is 2.87 bits per heavy atom. The fourth-order valence-electron chi connectivity index (χ4n) is 1.74. The van der Waals surface area contributed by atoms with Crippen molar-refractivity contribution in [1.29, 1.82) is 0 Å². The molecule has 1 aromatic rings. The number of carbonyl (C=O) groups is 1. The highest BCUT2D eigenvalue weighted by molar-refractivity contribution is 5.94. The van der Waals surface area contributed by atoms with E-state index in [-0.39, 0.29) is 18.1 Å². The van der Waals surface area contributed by atoms with Crippen LogP contribution in [-0.2, 0) is 0 Å². The Kier molecular flexibility index (Phi) is 2.68. The van der Waals surface area contributed by atoms with Crippen molar-refractivity contribution in [2.75, 3.05) is 6.61 Å². The van der Waals surface area contributed by atoms with Crippen LogP contribution >= 0.6 is 0 Å². The molecule has 0 atom stereocenters. The van der Waals surface area contributed by atoms with Crippen molar-refractivity contribution in [2.24, 2.45) is 0 Å². The first-order chi connectivity index (χ1) is 7.26. The van der Waals surface area contributed by atoms with Gasteiger partial charge >= 0.3 is 0 Å². The molecule has 1 saturated carbocycles. The summed E-state index contributed by atoms with van der Waals surface area (Å²) in [4.78, 5) is 15.6. The monoisotopic (exact) mass is 206 g/mol. The van der Waals surface area contributed by atoms with Gasteiger partial charge in [-0.2, -0.15) is 0 Å². The number of carbonyl (C=O) groups excluding carboxylic acids is 1. The predicted molar refractivity (Wildman–Crippen MR) is 55.4 cm³/mol. The summed E-state index contributed by atoms with van der Waals surface area (Å²) in [6.45, 7) is 0.0129. The molecule has 0 saturated heterocycles. The van der Waals surface area contributed by atoms with Gasteiger partial charge < -0.3 is 10.4 Å². The minimum atomic E-state index is -0.382. The fraction of sp³-hybridized carbons (Fsp3) is 0.455. The molecule has 1 aliphatic carbocycles. The topological polar surface area (TPSA) is 62.2 Å². The van der Waals surface area contributed by atoms with Crippen molar-refractivity contribution < 1.29 is 9.90 Å². The SMILES string of the molecule is O=C(NC1(CO)CCC1)c1cccnc1. The number of nitrogens with one attached hydrogen (secondary N) is 1. The van der Waals surface area contributed by atoms with Gasteiger partial charge in [0.1, 0.15) is 0 Å². The lowest BCUT2D eigenvalue weighted by atomic mass is 9.77. The average molecular weight is 206 g/mol. The van der Waals surface area contributed by atoms with Gasteiger partial charge in [0.05, 0.1) is 17.7 Å². The van der Waals surface area contributed by atoms with Crippen LogP contribution < -0.4 is 5.32 Å². The Morgan fingerprint density at radius 2 is 2.40 bits per heavy atom. The van der Waals surface area contributed by atoms with Gasteiger partial charge in [-0.15, -0.1) is 0 Å². The Balaban J connectivity index is 2.04. The first kappa shape index (κ1) is 10.1. The van der Waals surface area contributed by atoms with Gasteiger partial charge in [0.15, 0.2) is 0 Å². The van der Waals surface area contributed by atoms with Gasteiger partial charge in [-0.05, 0) is 31.4 Å². The summed E-state index contributed by atoms with van der Waals surface area (Å²) in [6.07, 6.45) is 5.93. The van der Waals surface area contributed by atoms with Crippen LogP contribution in [0.4, 0.5) is 0 Å². The van der Waals surface area contributed by atoms with Crippen LogP contribution in [0.5, 0.6) is 0 Å². The summed E-state index contributed by atoms with van der Waals surface area (Å²) >= 11 is 0. The minimum absolute atomic E-state index is 0.0129. The van der Waals surface area contributed by atoms with Crippen molar-refractivity contribution in [3.05, 3.63) is 30.1 Å². The van der Waals surface area contributed by atoms with Crippen LogP contribution in [0.1, 0.15) is 29.6 Å². The molecular formula is C11H14N2O2. The van der Waals surface area contributed by atoms with E-state index in [2.05, 4.69) is 10.3 Å². The van der Waals surface area contributed by atoms with Crippen molar-refractivity contribution in [3.63, 3.8) is 0 Å². The molecule has 0 unspecified atom stereocenters. The normalized spacial score (nSPS) is 17.9. The number of amides is 1. The molecule has 4 heteroatoms. The molecule has 0 spiro atoms. The Hall–Kier alpha value is -1.42. The second-order valence-corrected chi connectivity index (χ2v) is 3.99. The molecule has 80 valence electrons. The maximum absolute atomic E-state index is 11.7. The molecular weight excluding hydrogens is 192 g/mol. The summed E-state index contributed by atoms with van der Waals surface area (Å²) in [5.41, 5.74) is 0.157.